The van der Waals surface area contributed by atoms with Gasteiger partial charge in [0, 0.05) is 12.8 Å². The van der Waals surface area contributed by atoms with Gasteiger partial charge in [-0.15, -0.1) is 0 Å². The molecule has 1 heterocycles. The monoisotopic (exact) mass is 352 g/mol. The molecule has 0 aromatic carbocycles. The largest absolute Gasteiger partial charge is 0.488 e. The molecule has 0 amide bonds. The third-order valence-electron chi connectivity index (χ3n) is 2.38. The zero-order valence-electron chi connectivity index (χ0n) is 12.7. The third kappa shape index (κ3) is 5.29. The zero-order valence-corrected chi connectivity index (χ0v) is 15.2. The highest BCUT2D eigenvalue weighted by Gasteiger charge is 2.24. The Balaban J connectivity index is 3.05. The summed E-state index contributed by atoms with van der Waals surface area (Å²) >= 11 is 7.01. The molecule has 6 nitrogen and oxygen atoms in total. The van der Waals surface area contributed by atoms with Crippen molar-refractivity contribution in [2.45, 2.75) is 26.7 Å². The summed E-state index contributed by atoms with van der Waals surface area (Å²) in [6.45, 7) is 4.59. The van der Waals surface area contributed by atoms with Crippen molar-refractivity contribution in [2.75, 3.05) is 19.5 Å². The summed E-state index contributed by atoms with van der Waals surface area (Å²) in [6, 6.07) is 0. The second-order valence-electron chi connectivity index (χ2n) is 4.18. The van der Waals surface area contributed by atoms with Crippen LogP contribution in [-0.4, -0.2) is 29.3 Å². The van der Waals surface area contributed by atoms with E-state index in [1.807, 2.05) is 6.92 Å². The summed E-state index contributed by atoms with van der Waals surface area (Å²) in [5, 5.41) is 3.94. The van der Waals surface area contributed by atoms with Gasteiger partial charge in [0.2, 0.25) is 5.75 Å². The molecule has 0 aliphatic rings. The molecule has 1 aromatic rings. The van der Waals surface area contributed by atoms with Crippen LogP contribution in [0.1, 0.15) is 26.7 Å². The number of rotatable bonds is 9. The fraction of sp³-hybridized carbons (Fsp3) is 0.667. The summed E-state index contributed by atoms with van der Waals surface area (Å²) in [6.07, 6.45) is 3.25. The molecule has 0 saturated heterocycles. The average molecular weight is 352 g/mol. The minimum atomic E-state index is -2.57. The van der Waals surface area contributed by atoms with Crippen LogP contribution in [0.2, 0.25) is 0 Å². The van der Waals surface area contributed by atoms with Gasteiger partial charge in [-0.2, -0.15) is 5.10 Å². The van der Waals surface area contributed by atoms with Crippen LogP contribution in [0.15, 0.2) is 11.0 Å². The number of aromatic nitrogens is 2. The molecule has 1 unspecified atom stereocenters. The quantitative estimate of drug-likeness (QED) is 0.633. The molecular weight excluding hydrogens is 331 g/mol. The molecule has 0 saturated carbocycles. The molecule has 0 N–H and O–H groups in total. The van der Waals surface area contributed by atoms with Gasteiger partial charge >= 0.3 is 5.56 Å². The van der Waals surface area contributed by atoms with E-state index in [0.717, 1.165) is 18.6 Å². The second-order valence-corrected chi connectivity index (χ2v) is 10.5. The molecule has 0 aliphatic carbocycles. The third-order valence-corrected chi connectivity index (χ3v) is 7.73. The highest BCUT2D eigenvalue weighted by Crippen LogP contribution is 2.61. The van der Waals surface area contributed by atoms with Gasteiger partial charge in [-0.3, -0.25) is 4.79 Å². The van der Waals surface area contributed by atoms with Crippen molar-refractivity contribution in [1.29, 1.82) is 0 Å². The molecule has 0 spiro atoms. The van der Waals surface area contributed by atoms with Crippen molar-refractivity contribution in [3.05, 3.63) is 16.6 Å². The maximum Gasteiger partial charge on any atom is 0.312 e. The molecule has 0 aliphatic heterocycles. The summed E-state index contributed by atoms with van der Waals surface area (Å²) < 4.78 is 17.9. The molecule has 0 radical (unpaired) electrons. The van der Waals surface area contributed by atoms with E-state index in [9.17, 15) is 4.79 Å². The van der Waals surface area contributed by atoms with E-state index in [0.29, 0.717) is 6.61 Å². The Morgan fingerprint density at radius 3 is 2.71 bits per heavy atom. The van der Waals surface area contributed by atoms with E-state index in [-0.39, 0.29) is 17.1 Å². The van der Waals surface area contributed by atoms with Crippen LogP contribution < -0.4 is 14.8 Å². The molecule has 0 bridgehead atoms. The first-order chi connectivity index (χ1) is 9.97. The normalized spacial score (nSPS) is 13.7. The maximum atomic E-state index is 12.0. The van der Waals surface area contributed by atoms with Gasteiger partial charge in [-0.05, 0) is 24.6 Å². The van der Waals surface area contributed by atoms with Gasteiger partial charge in [0.15, 0.2) is 5.75 Å². The predicted octanol–water partition coefficient (Wildman–Crippen LogP) is 2.96. The highest BCUT2D eigenvalue weighted by atomic mass is 32.9. The second kappa shape index (κ2) is 8.78. The van der Waals surface area contributed by atoms with E-state index in [2.05, 4.69) is 12.0 Å². The Labute approximate surface area is 134 Å². The number of nitrogens with zero attached hydrogens (tertiary/aromatic N) is 2. The number of hydrogen-bond donors (Lipinski definition) is 0. The number of aryl methyl sites for hydroxylation is 1. The van der Waals surface area contributed by atoms with Crippen molar-refractivity contribution in [3.8, 4) is 11.5 Å². The first-order valence-electron chi connectivity index (χ1n) is 6.66. The Morgan fingerprint density at radius 1 is 1.43 bits per heavy atom. The standard InChI is InChI=1S/C12H21N2O4PS2/c1-5-7-17-19(20,21-8-6-2)18-10-9-13-14(3)12(15)11(10)16-4/h9H,5-8H2,1-4H3. The van der Waals surface area contributed by atoms with Crippen LogP contribution in [0.5, 0.6) is 11.5 Å². The smallest absolute Gasteiger partial charge is 0.312 e. The van der Waals surface area contributed by atoms with E-state index >= 15 is 0 Å². The van der Waals surface area contributed by atoms with Crippen LogP contribution in [0, 0.1) is 0 Å². The van der Waals surface area contributed by atoms with Gasteiger partial charge in [-0.25, -0.2) is 4.68 Å². The first-order valence-corrected chi connectivity index (χ1v) is 10.9. The number of hydrogen-bond acceptors (Lipinski definition) is 7. The fourth-order valence-corrected chi connectivity index (χ4v) is 5.94. The average Bonchev–Trinajstić information content (AvgIpc) is 2.47. The molecule has 1 aromatic heterocycles. The first kappa shape index (κ1) is 18.5. The van der Waals surface area contributed by atoms with Crippen LogP contribution in [0.25, 0.3) is 0 Å². The topological polar surface area (TPSA) is 62.6 Å². The van der Waals surface area contributed by atoms with Crippen molar-refractivity contribution in [3.63, 3.8) is 0 Å². The molecular formula is C12H21N2O4PS2. The summed E-state index contributed by atoms with van der Waals surface area (Å²) in [7, 11) is 2.96. The number of ether oxygens (including phenoxy) is 1. The van der Waals surface area contributed by atoms with Gasteiger partial charge in [-0.1, -0.05) is 25.2 Å². The van der Waals surface area contributed by atoms with Crippen molar-refractivity contribution in [1.82, 2.24) is 9.78 Å². The Kier molecular flexibility index (Phi) is 7.73. The lowest BCUT2D eigenvalue weighted by molar-refractivity contribution is 0.315. The Morgan fingerprint density at radius 2 is 2.14 bits per heavy atom. The van der Waals surface area contributed by atoms with E-state index in [1.54, 1.807) is 7.05 Å². The summed E-state index contributed by atoms with van der Waals surface area (Å²) in [5.74, 6) is 1.17. The molecule has 1 atom stereocenters. The summed E-state index contributed by atoms with van der Waals surface area (Å²) in [4.78, 5) is 12.0. The fourth-order valence-electron chi connectivity index (χ4n) is 1.37. The van der Waals surface area contributed by atoms with E-state index < -0.39 is 5.69 Å². The minimum absolute atomic E-state index is 0.0962. The van der Waals surface area contributed by atoms with Gasteiger partial charge < -0.3 is 13.8 Å². The van der Waals surface area contributed by atoms with E-state index in [4.69, 9.17) is 25.6 Å². The number of methoxy groups -OCH3 is 1. The van der Waals surface area contributed by atoms with Crippen LogP contribution in [-0.2, 0) is 23.4 Å². The van der Waals surface area contributed by atoms with Gasteiger partial charge in [0.05, 0.1) is 19.9 Å². The lowest BCUT2D eigenvalue weighted by Crippen LogP contribution is -2.21. The molecule has 21 heavy (non-hydrogen) atoms. The SMILES string of the molecule is CCCOP(=S)(Oc1cnn(C)c(=O)c1OC)SCCC. The lowest BCUT2D eigenvalue weighted by atomic mass is 10.5. The molecule has 1 rings (SSSR count). The Hall–Kier alpha value is -0.560. The summed E-state index contributed by atoms with van der Waals surface area (Å²) in [5.41, 5.74) is -2.94. The van der Waals surface area contributed by atoms with Crippen molar-refractivity contribution < 1.29 is 13.8 Å². The highest BCUT2D eigenvalue weighted by molar-refractivity contribution is 8.68. The minimum Gasteiger partial charge on any atom is -0.488 e. The van der Waals surface area contributed by atoms with Crippen LogP contribution in [0.3, 0.4) is 0 Å². The van der Waals surface area contributed by atoms with Crippen LogP contribution in [0.4, 0.5) is 0 Å². The lowest BCUT2D eigenvalue weighted by Gasteiger charge is -2.22. The van der Waals surface area contributed by atoms with E-state index in [1.165, 1.54) is 29.4 Å². The van der Waals surface area contributed by atoms with Gasteiger partial charge in [0.1, 0.15) is 0 Å². The molecule has 0 fully saturated rings. The molecule has 9 heteroatoms. The maximum absolute atomic E-state index is 12.0. The zero-order chi connectivity index (χ0) is 15.9. The van der Waals surface area contributed by atoms with Gasteiger partial charge in [0.25, 0.3) is 5.69 Å². The Bertz CT molecular complexity index is 553. The van der Waals surface area contributed by atoms with Crippen molar-refractivity contribution in [2.24, 2.45) is 7.05 Å². The molecule has 120 valence electrons. The van der Waals surface area contributed by atoms with Crippen LogP contribution >= 0.6 is 17.1 Å². The predicted molar refractivity (Wildman–Crippen MR) is 89.9 cm³/mol. The van der Waals surface area contributed by atoms with Crippen molar-refractivity contribution >= 4 is 28.9 Å².